The number of anilines is 1. The Bertz CT molecular complexity index is 1540. The number of allylic oxidation sites excluding steroid dienone is 1. The van der Waals surface area contributed by atoms with Gasteiger partial charge in [0.05, 0.1) is 38.1 Å². The van der Waals surface area contributed by atoms with Crippen LogP contribution in [0.3, 0.4) is 0 Å². The molecule has 3 aliphatic heterocycles. The average molecular weight is 592 g/mol. The number of aromatic nitrogens is 3. The van der Waals surface area contributed by atoms with Crippen LogP contribution in [0.2, 0.25) is 0 Å². The number of hydrogen-bond donors (Lipinski definition) is 3. The summed E-state index contributed by atoms with van der Waals surface area (Å²) >= 11 is 0. The minimum atomic E-state index is -0.631. The topological polar surface area (TPSA) is 148 Å². The normalized spacial score (nSPS) is 39.0. The molecule has 5 heterocycles. The quantitative estimate of drug-likeness (QED) is 0.349. The van der Waals surface area contributed by atoms with Crippen molar-refractivity contribution in [3.8, 4) is 0 Å². The number of hydrogen-bond acceptors (Lipinski definition) is 10. The summed E-state index contributed by atoms with van der Waals surface area (Å²) in [4.78, 5) is 24.0. The van der Waals surface area contributed by atoms with E-state index in [1.54, 1.807) is 12.3 Å². The molecule has 0 bridgehead atoms. The summed E-state index contributed by atoms with van der Waals surface area (Å²) in [5.41, 5.74) is 6.51. The lowest BCUT2D eigenvalue weighted by molar-refractivity contribution is -0.186. The highest BCUT2D eigenvalue weighted by molar-refractivity contribution is 5.97. The number of carbonyl (C=O) groups is 1. The number of carbonyl (C=O) groups excluding carboxylic acids is 1. The molecule has 0 aromatic carbocycles. The van der Waals surface area contributed by atoms with Crippen LogP contribution in [-0.4, -0.2) is 92.9 Å². The Morgan fingerprint density at radius 3 is 2.74 bits per heavy atom. The minimum absolute atomic E-state index is 0.0210. The Morgan fingerprint density at radius 2 is 2.02 bits per heavy atom. The standard InChI is InChI=1S/C32H41N5O6/c1-30-7-6-26(39)31(2,17-38)24(30)14-25(37-8-10-41-11-9-37)32(18-42-32)23(30)5-4-19-12-21(43-28(19)40)13-20-16-36(3)27-22(20)15-34-29(33)35-27/h4-5,12-13,15-16,23-26,38-39H,6-11,14,17-18H2,1-3H3,(H2,33,34,35)/t23?,24?,25?,26-,30-,31+,32?/m1/s1. The average Bonchev–Trinajstić information content (AvgIpc) is 3.61. The van der Waals surface area contributed by atoms with Crippen molar-refractivity contribution in [1.29, 1.82) is 0 Å². The number of nitrogens with two attached hydrogens (primary N) is 1. The molecular weight excluding hydrogens is 550 g/mol. The molecule has 4 fully saturated rings. The van der Waals surface area contributed by atoms with Crippen LogP contribution >= 0.6 is 0 Å². The second-order valence-corrected chi connectivity index (χ2v) is 13.5. The summed E-state index contributed by atoms with van der Waals surface area (Å²) in [7, 11) is 1.88. The summed E-state index contributed by atoms with van der Waals surface area (Å²) in [5, 5.41) is 22.6. The number of aliphatic hydroxyl groups is 2. The smallest absolute Gasteiger partial charge is 0.343 e. The van der Waals surface area contributed by atoms with E-state index in [-0.39, 0.29) is 41.4 Å². The molecule has 0 radical (unpaired) electrons. The van der Waals surface area contributed by atoms with Crippen molar-refractivity contribution in [3.05, 3.63) is 47.5 Å². The highest BCUT2D eigenvalue weighted by Crippen LogP contribution is 2.66. The largest absolute Gasteiger partial charge is 0.423 e. The number of ether oxygens (including phenoxy) is 3. The highest BCUT2D eigenvalue weighted by atomic mass is 16.6. The number of rotatable bonds is 5. The van der Waals surface area contributed by atoms with Gasteiger partial charge in [-0.15, -0.1) is 0 Å². The molecule has 2 saturated carbocycles. The molecule has 11 heteroatoms. The lowest BCUT2D eigenvalue weighted by atomic mass is 9.44. The predicted molar refractivity (Wildman–Crippen MR) is 159 cm³/mol. The van der Waals surface area contributed by atoms with Crippen molar-refractivity contribution in [2.75, 3.05) is 45.3 Å². The second-order valence-electron chi connectivity index (χ2n) is 13.5. The maximum Gasteiger partial charge on any atom is 0.343 e. The maximum atomic E-state index is 13.1. The van der Waals surface area contributed by atoms with Gasteiger partial charge in [-0.05, 0) is 42.7 Å². The van der Waals surface area contributed by atoms with Gasteiger partial charge in [-0.25, -0.2) is 9.78 Å². The van der Waals surface area contributed by atoms with Crippen molar-refractivity contribution >= 4 is 29.0 Å². The van der Waals surface area contributed by atoms with Crippen LogP contribution in [0.1, 0.15) is 38.7 Å². The number of morpholine rings is 1. The van der Waals surface area contributed by atoms with E-state index in [2.05, 4.69) is 27.9 Å². The molecule has 0 amide bonds. The second kappa shape index (κ2) is 10.2. The van der Waals surface area contributed by atoms with Gasteiger partial charge in [0.15, 0.2) is 0 Å². The molecule has 11 nitrogen and oxygen atoms in total. The Balaban J connectivity index is 1.24. The fourth-order valence-corrected chi connectivity index (χ4v) is 8.70. The summed E-state index contributed by atoms with van der Waals surface area (Å²) in [5.74, 6) is 0.279. The first kappa shape index (κ1) is 28.7. The number of aliphatic hydroxyl groups excluding tert-OH is 2. The van der Waals surface area contributed by atoms with Crippen molar-refractivity contribution < 1.29 is 29.2 Å². The number of epoxide rings is 1. The van der Waals surface area contributed by atoms with Crippen LogP contribution in [0, 0.1) is 22.7 Å². The molecule has 2 aromatic heterocycles. The number of nitrogen functional groups attached to an aromatic ring is 1. The van der Waals surface area contributed by atoms with Crippen LogP contribution < -0.4 is 5.73 Å². The van der Waals surface area contributed by atoms with E-state index in [0.29, 0.717) is 43.2 Å². The zero-order valence-corrected chi connectivity index (χ0v) is 25.0. The molecule has 230 valence electrons. The van der Waals surface area contributed by atoms with Gasteiger partial charge >= 0.3 is 5.97 Å². The van der Waals surface area contributed by atoms with Crippen LogP contribution in [0.4, 0.5) is 5.95 Å². The molecular formula is C32H41N5O6. The lowest BCUT2D eigenvalue weighted by Gasteiger charge is -2.63. The van der Waals surface area contributed by atoms with Gasteiger partial charge in [-0.3, -0.25) is 4.90 Å². The van der Waals surface area contributed by atoms with Crippen molar-refractivity contribution in [2.24, 2.45) is 29.7 Å². The van der Waals surface area contributed by atoms with Crippen LogP contribution in [0.15, 0.2) is 42.0 Å². The van der Waals surface area contributed by atoms with E-state index in [4.69, 9.17) is 19.9 Å². The van der Waals surface area contributed by atoms with Crippen LogP contribution in [0.5, 0.6) is 0 Å². The third-order valence-corrected chi connectivity index (χ3v) is 11.1. The van der Waals surface area contributed by atoms with Gasteiger partial charge in [0.2, 0.25) is 5.95 Å². The third-order valence-electron chi connectivity index (χ3n) is 11.1. The van der Waals surface area contributed by atoms with E-state index in [1.807, 2.05) is 36.9 Å². The Hall–Kier alpha value is -3.09. The molecule has 2 aromatic rings. The van der Waals surface area contributed by atoms with Gasteiger partial charge in [0, 0.05) is 60.9 Å². The van der Waals surface area contributed by atoms with E-state index < -0.39 is 17.5 Å². The Labute approximate surface area is 251 Å². The highest BCUT2D eigenvalue weighted by Gasteiger charge is 2.71. The molecule has 2 aliphatic carbocycles. The predicted octanol–water partition coefficient (Wildman–Crippen LogP) is 2.20. The van der Waals surface area contributed by atoms with E-state index in [1.165, 1.54) is 0 Å². The van der Waals surface area contributed by atoms with Gasteiger partial charge in [-0.1, -0.05) is 26.0 Å². The first-order valence-electron chi connectivity index (χ1n) is 15.2. The number of aryl methyl sites for hydroxylation is 1. The Morgan fingerprint density at radius 1 is 1.26 bits per heavy atom. The third kappa shape index (κ3) is 4.47. The van der Waals surface area contributed by atoms with Gasteiger partial charge < -0.3 is 34.7 Å². The first-order valence-corrected chi connectivity index (χ1v) is 15.2. The molecule has 43 heavy (non-hydrogen) atoms. The summed E-state index contributed by atoms with van der Waals surface area (Å²) in [6.07, 6.45) is 12.9. The first-order chi connectivity index (χ1) is 20.6. The fourth-order valence-electron chi connectivity index (χ4n) is 8.70. The molecule has 4 unspecified atom stereocenters. The maximum absolute atomic E-state index is 13.1. The van der Waals surface area contributed by atoms with Crippen molar-refractivity contribution in [2.45, 2.75) is 50.9 Å². The van der Waals surface area contributed by atoms with Crippen LogP contribution in [0.25, 0.3) is 17.1 Å². The number of fused-ring (bicyclic) bond motifs is 2. The molecule has 5 aliphatic rings. The summed E-state index contributed by atoms with van der Waals surface area (Å²) in [6.45, 7) is 7.89. The van der Waals surface area contributed by atoms with Crippen molar-refractivity contribution in [1.82, 2.24) is 19.4 Å². The van der Waals surface area contributed by atoms with Gasteiger partial charge in [-0.2, -0.15) is 4.98 Å². The molecule has 7 rings (SSSR count). The summed E-state index contributed by atoms with van der Waals surface area (Å²) < 4.78 is 19.6. The molecule has 1 spiro atoms. The fraction of sp³-hybridized carbons (Fsp3) is 0.594. The van der Waals surface area contributed by atoms with Crippen LogP contribution in [-0.2, 0) is 26.1 Å². The van der Waals surface area contributed by atoms with Crippen molar-refractivity contribution in [3.63, 3.8) is 0 Å². The number of nitrogens with zero attached hydrogens (tertiary/aromatic N) is 4. The van der Waals surface area contributed by atoms with Gasteiger partial charge in [0.1, 0.15) is 17.0 Å². The zero-order chi connectivity index (χ0) is 30.1. The SMILES string of the molecule is Cn1cc(C=C2C=C(C=CC3C4(CO4)C(N4CCOCC4)CC4[C@]3(C)CC[C@@H](O)[C@@]4(C)CO)C(=O)O2)c2cnc(N)nc21. The molecule has 7 atom stereocenters. The Kier molecular flexibility index (Phi) is 6.82. The lowest BCUT2D eigenvalue weighted by Crippen LogP contribution is -2.67. The zero-order valence-electron chi connectivity index (χ0n) is 25.0. The van der Waals surface area contributed by atoms with E-state index in [0.717, 1.165) is 36.9 Å². The number of esters is 1. The van der Waals surface area contributed by atoms with E-state index in [9.17, 15) is 15.0 Å². The molecule has 2 saturated heterocycles. The van der Waals surface area contributed by atoms with E-state index >= 15 is 0 Å². The molecule has 4 N–H and O–H groups in total. The monoisotopic (exact) mass is 591 g/mol. The van der Waals surface area contributed by atoms with Gasteiger partial charge in [0.25, 0.3) is 0 Å². The number of cyclic esters (lactones) is 1. The summed E-state index contributed by atoms with van der Waals surface area (Å²) in [6, 6.07) is 0.128. The minimum Gasteiger partial charge on any atom is -0.423 e.